The highest BCUT2D eigenvalue weighted by Crippen LogP contribution is 2.23. The second-order valence-corrected chi connectivity index (χ2v) is 6.94. The van der Waals surface area contributed by atoms with Crippen molar-refractivity contribution in [3.05, 3.63) is 48.4 Å². The van der Waals surface area contributed by atoms with Gasteiger partial charge in [-0.1, -0.05) is 0 Å². The highest BCUT2D eigenvalue weighted by atomic mass is 16.5. The summed E-state index contributed by atoms with van der Waals surface area (Å²) in [5, 5.41) is 2.76. The number of hydrogen-bond acceptors (Lipinski definition) is 6. The van der Waals surface area contributed by atoms with Crippen LogP contribution in [0.4, 0.5) is 16.3 Å². The summed E-state index contributed by atoms with van der Waals surface area (Å²) in [6.45, 7) is 2.47. The van der Waals surface area contributed by atoms with Crippen LogP contribution in [0.1, 0.15) is 29.6 Å². The number of ether oxygens (including phenoxy) is 1. The van der Waals surface area contributed by atoms with E-state index in [-0.39, 0.29) is 18.0 Å². The van der Waals surface area contributed by atoms with Crippen LogP contribution in [0, 0.1) is 0 Å². The number of aromatic nitrogens is 2. The van der Waals surface area contributed by atoms with Crippen LogP contribution in [-0.2, 0) is 4.74 Å². The Morgan fingerprint density at radius 1 is 1.18 bits per heavy atom. The molecule has 4 rings (SSSR count). The summed E-state index contributed by atoms with van der Waals surface area (Å²) >= 11 is 0. The first-order chi connectivity index (χ1) is 13.7. The molecule has 1 aromatic heterocycles. The van der Waals surface area contributed by atoms with Gasteiger partial charge in [-0.25, -0.2) is 19.6 Å². The van der Waals surface area contributed by atoms with Gasteiger partial charge < -0.3 is 15.0 Å². The van der Waals surface area contributed by atoms with Gasteiger partial charge in [0.25, 0.3) is 0 Å². The number of benzene rings is 1. The first-order valence-electron chi connectivity index (χ1n) is 9.57. The molecule has 0 radical (unpaired) electrons. The highest BCUT2D eigenvalue weighted by molar-refractivity contribution is 5.95. The van der Waals surface area contributed by atoms with Crippen molar-refractivity contribution in [1.29, 1.82) is 0 Å². The Morgan fingerprint density at radius 2 is 2.04 bits per heavy atom. The molecule has 28 heavy (non-hydrogen) atoms. The van der Waals surface area contributed by atoms with E-state index >= 15 is 0 Å². The van der Waals surface area contributed by atoms with Crippen molar-refractivity contribution >= 4 is 23.5 Å². The molecule has 3 heterocycles. The third kappa shape index (κ3) is 3.90. The Kier molecular flexibility index (Phi) is 5.36. The minimum absolute atomic E-state index is 0.111. The molecule has 0 aliphatic carbocycles. The van der Waals surface area contributed by atoms with Crippen LogP contribution in [0.3, 0.4) is 0 Å². The van der Waals surface area contributed by atoms with Crippen molar-refractivity contribution in [2.24, 2.45) is 0 Å². The molecule has 2 saturated heterocycles. The summed E-state index contributed by atoms with van der Waals surface area (Å²) in [5.41, 5.74) is 1.25. The van der Waals surface area contributed by atoms with Crippen LogP contribution in [0.2, 0.25) is 0 Å². The van der Waals surface area contributed by atoms with Gasteiger partial charge in [-0.05, 0) is 49.6 Å². The van der Waals surface area contributed by atoms with E-state index in [4.69, 9.17) is 4.74 Å². The summed E-state index contributed by atoms with van der Waals surface area (Å²) < 4.78 is 5.59. The molecule has 2 aliphatic heterocycles. The van der Waals surface area contributed by atoms with Gasteiger partial charge in [0.05, 0.1) is 11.6 Å². The van der Waals surface area contributed by atoms with Crippen molar-refractivity contribution in [2.75, 3.05) is 36.0 Å². The number of amides is 2. The Hall–Kier alpha value is -3.16. The molecule has 1 atom stereocenters. The molecule has 0 saturated carbocycles. The molecular weight excluding hydrogens is 358 g/mol. The summed E-state index contributed by atoms with van der Waals surface area (Å²) in [7, 11) is 0. The number of nitrogens with zero attached hydrogens (tertiary/aromatic N) is 4. The van der Waals surface area contributed by atoms with Crippen LogP contribution in [0.15, 0.2) is 42.9 Å². The van der Waals surface area contributed by atoms with Crippen molar-refractivity contribution < 1.29 is 14.3 Å². The normalized spacial score (nSPS) is 19.4. The van der Waals surface area contributed by atoms with Crippen LogP contribution in [0.25, 0.3) is 0 Å². The van der Waals surface area contributed by atoms with Crippen molar-refractivity contribution in [3.8, 4) is 0 Å². The summed E-state index contributed by atoms with van der Waals surface area (Å²) in [6, 6.07) is 8.83. The molecule has 8 heteroatoms. The third-order valence-electron chi connectivity index (χ3n) is 5.17. The van der Waals surface area contributed by atoms with Crippen molar-refractivity contribution in [2.45, 2.75) is 25.3 Å². The fourth-order valence-corrected chi connectivity index (χ4v) is 3.68. The fraction of sp³-hybridized carbons (Fsp3) is 0.400. The monoisotopic (exact) mass is 381 g/mol. The summed E-state index contributed by atoms with van der Waals surface area (Å²) in [4.78, 5) is 36.3. The third-order valence-corrected chi connectivity index (χ3v) is 5.17. The second kappa shape index (κ2) is 8.24. The number of hydrogen-bond donors (Lipinski definition) is 1. The largest absolute Gasteiger partial charge is 0.460 e. The smallest absolute Gasteiger partial charge is 0.338 e. The molecule has 0 bridgehead atoms. The van der Waals surface area contributed by atoms with Gasteiger partial charge in [0.2, 0.25) is 0 Å². The topological polar surface area (TPSA) is 87.7 Å². The molecule has 2 aliphatic rings. The van der Waals surface area contributed by atoms with E-state index in [0.717, 1.165) is 37.3 Å². The zero-order valence-electron chi connectivity index (χ0n) is 15.6. The molecule has 146 valence electrons. The maximum absolute atomic E-state index is 12.5. The van der Waals surface area contributed by atoms with Gasteiger partial charge in [-0.15, -0.1) is 0 Å². The van der Waals surface area contributed by atoms with Crippen molar-refractivity contribution in [3.63, 3.8) is 0 Å². The van der Waals surface area contributed by atoms with Crippen LogP contribution in [-0.4, -0.2) is 54.3 Å². The van der Waals surface area contributed by atoms with Gasteiger partial charge in [-0.3, -0.25) is 4.90 Å². The fourth-order valence-electron chi connectivity index (χ4n) is 3.68. The Morgan fingerprint density at radius 3 is 2.75 bits per heavy atom. The molecule has 2 aromatic rings. The number of nitrogens with one attached hydrogen (secondary N) is 1. The average Bonchev–Trinajstić information content (AvgIpc) is 3.19. The predicted molar refractivity (Wildman–Crippen MR) is 104 cm³/mol. The van der Waals surface area contributed by atoms with Gasteiger partial charge >= 0.3 is 12.0 Å². The molecule has 0 spiro atoms. The van der Waals surface area contributed by atoms with E-state index < -0.39 is 0 Å². The molecule has 2 amide bonds. The number of carbonyl (C=O) groups is 2. The molecule has 8 nitrogen and oxygen atoms in total. The maximum atomic E-state index is 12.5. The first-order valence-corrected chi connectivity index (χ1v) is 9.57. The Labute approximate surface area is 163 Å². The number of urea groups is 1. The predicted octanol–water partition coefficient (Wildman–Crippen LogP) is 2.22. The zero-order valence-corrected chi connectivity index (χ0v) is 15.6. The number of esters is 1. The number of rotatable bonds is 5. The first kappa shape index (κ1) is 18.2. The molecule has 2 fully saturated rings. The Bertz CT molecular complexity index is 827. The van der Waals surface area contributed by atoms with Gasteiger partial charge in [0.15, 0.2) is 0 Å². The number of anilines is 2. The van der Waals surface area contributed by atoms with E-state index in [9.17, 15) is 9.59 Å². The lowest BCUT2D eigenvalue weighted by molar-refractivity contribution is 0.0467. The number of piperidine rings is 1. The molecule has 1 aromatic carbocycles. The minimum Gasteiger partial charge on any atom is -0.460 e. The average molecular weight is 381 g/mol. The maximum Gasteiger partial charge on any atom is 0.338 e. The van der Waals surface area contributed by atoms with E-state index in [0.29, 0.717) is 25.3 Å². The van der Waals surface area contributed by atoms with Gasteiger partial charge in [0, 0.05) is 31.5 Å². The SMILES string of the molecule is O=C(OCC1CCCCN1c1ccncn1)c1ccc(N2CCNC2=O)cc1. The van der Waals surface area contributed by atoms with Gasteiger partial charge in [0.1, 0.15) is 18.8 Å². The second-order valence-electron chi connectivity index (χ2n) is 6.94. The number of carbonyl (C=O) groups excluding carboxylic acids is 2. The highest BCUT2D eigenvalue weighted by Gasteiger charge is 2.25. The summed E-state index contributed by atoms with van der Waals surface area (Å²) in [5.74, 6) is 0.509. The van der Waals surface area contributed by atoms with Crippen LogP contribution >= 0.6 is 0 Å². The molecule has 1 unspecified atom stereocenters. The lowest BCUT2D eigenvalue weighted by atomic mass is 10.0. The molecular formula is C20H23N5O3. The molecule has 1 N–H and O–H groups in total. The van der Waals surface area contributed by atoms with E-state index in [1.54, 1.807) is 35.4 Å². The van der Waals surface area contributed by atoms with E-state index in [1.807, 2.05) is 6.07 Å². The van der Waals surface area contributed by atoms with E-state index in [1.165, 1.54) is 6.33 Å². The van der Waals surface area contributed by atoms with E-state index in [2.05, 4.69) is 20.2 Å². The van der Waals surface area contributed by atoms with Gasteiger partial charge in [-0.2, -0.15) is 0 Å². The lowest BCUT2D eigenvalue weighted by Gasteiger charge is -2.36. The van der Waals surface area contributed by atoms with Crippen LogP contribution < -0.4 is 15.1 Å². The Balaban J connectivity index is 1.37. The van der Waals surface area contributed by atoms with Crippen LogP contribution in [0.5, 0.6) is 0 Å². The standard InChI is InChI=1S/C20H23N5O3/c26-19(15-4-6-16(7-5-15)25-12-10-22-20(25)27)28-13-17-3-1-2-11-24(17)18-8-9-21-14-23-18/h4-9,14,17H,1-3,10-13H2,(H,22,27). The zero-order chi connectivity index (χ0) is 19.3. The van der Waals surface area contributed by atoms with Crippen molar-refractivity contribution in [1.82, 2.24) is 15.3 Å². The lowest BCUT2D eigenvalue weighted by Crippen LogP contribution is -2.43. The quantitative estimate of drug-likeness (QED) is 0.799. The summed E-state index contributed by atoms with van der Waals surface area (Å²) in [6.07, 6.45) is 6.42. The minimum atomic E-state index is -0.356.